The smallest absolute Gasteiger partial charge is 0.381 e. The molecule has 0 aliphatic carbocycles. The van der Waals surface area contributed by atoms with Crippen LogP contribution in [0.2, 0.25) is 5.15 Å². The summed E-state index contributed by atoms with van der Waals surface area (Å²) < 4.78 is 43.0. The third kappa shape index (κ3) is 4.08. The number of halogens is 4. The van der Waals surface area contributed by atoms with Crippen molar-refractivity contribution >= 4 is 11.6 Å². The van der Waals surface area contributed by atoms with E-state index in [1.165, 1.54) is 6.07 Å². The molecule has 0 spiro atoms. The van der Waals surface area contributed by atoms with Crippen molar-refractivity contribution in [2.45, 2.75) is 44.4 Å². The maximum absolute atomic E-state index is 12.5. The molecule has 1 aliphatic rings. The van der Waals surface area contributed by atoms with Crippen molar-refractivity contribution in [3.8, 4) is 0 Å². The first-order valence-corrected chi connectivity index (χ1v) is 7.29. The Bertz CT molecular complexity index is 488. The van der Waals surface area contributed by atoms with E-state index in [1.54, 1.807) is 0 Å². The fourth-order valence-corrected chi connectivity index (χ4v) is 2.67. The van der Waals surface area contributed by atoms with Crippen LogP contribution in [0.15, 0.2) is 12.1 Å². The third-order valence-corrected chi connectivity index (χ3v) is 4.32. The molecule has 1 aromatic rings. The van der Waals surface area contributed by atoms with E-state index >= 15 is 0 Å². The van der Waals surface area contributed by atoms with Gasteiger partial charge in [-0.1, -0.05) is 24.6 Å². The van der Waals surface area contributed by atoms with E-state index in [0.29, 0.717) is 25.3 Å². The highest BCUT2D eigenvalue weighted by Crippen LogP contribution is 2.30. The van der Waals surface area contributed by atoms with E-state index in [2.05, 4.69) is 17.2 Å². The molecule has 0 bridgehead atoms. The molecule has 1 aliphatic heterocycles. The van der Waals surface area contributed by atoms with Gasteiger partial charge in [-0.2, -0.15) is 13.2 Å². The minimum Gasteiger partial charge on any atom is -0.381 e. The first kappa shape index (κ1) is 16.5. The summed E-state index contributed by atoms with van der Waals surface area (Å²) in [5.41, 5.74) is -0.430. The van der Waals surface area contributed by atoms with Gasteiger partial charge in [0.1, 0.15) is 10.8 Å². The highest BCUT2D eigenvalue weighted by atomic mass is 35.5. The number of alkyl halides is 3. The van der Waals surface area contributed by atoms with Crippen molar-refractivity contribution in [1.82, 2.24) is 10.3 Å². The van der Waals surface area contributed by atoms with Gasteiger partial charge in [-0.3, -0.25) is 0 Å². The fraction of sp³-hybridized carbons (Fsp3) is 0.643. The molecule has 0 atom stereocenters. The van der Waals surface area contributed by atoms with Crippen LogP contribution in [0, 0.1) is 0 Å². The molecule has 3 nitrogen and oxygen atoms in total. The van der Waals surface area contributed by atoms with Gasteiger partial charge in [0.05, 0.1) is 0 Å². The fourth-order valence-electron chi connectivity index (χ4n) is 2.45. The van der Waals surface area contributed by atoms with Crippen LogP contribution in [-0.4, -0.2) is 23.7 Å². The van der Waals surface area contributed by atoms with Crippen molar-refractivity contribution in [1.29, 1.82) is 0 Å². The molecule has 0 aromatic carbocycles. The molecule has 0 unspecified atom stereocenters. The average molecular weight is 323 g/mol. The lowest BCUT2D eigenvalue weighted by Gasteiger charge is -2.37. The lowest BCUT2D eigenvalue weighted by Crippen LogP contribution is -2.48. The van der Waals surface area contributed by atoms with Crippen molar-refractivity contribution < 1.29 is 17.9 Å². The minimum atomic E-state index is -4.47. The van der Waals surface area contributed by atoms with Crippen LogP contribution in [0.4, 0.5) is 13.2 Å². The first-order chi connectivity index (χ1) is 9.86. The van der Waals surface area contributed by atoms with E-state index in [-0.39, 0.29) is 10.7 Å². The molecule has 2 heterocycles. The highest BCUT2D eigenvalue weighted by Gasteiger charge is 2.33. The number of aromatic nitrogens is 1. The zero-order valence-electron chi connectivity index (χ0n) is 11.8. The van der Waals surface area contributed by atoms with Crippen LogP contribution in [0.3, 0.4) is 0 Å². The van der Waals surface area contributed by atoms with Gasteiger partial charge in [-0.05, 0) is 25.3 Å². The Morgan fingerprint density at radius 1 is 1.33 bits per heavy atom. The summed E-state index contributed by atoms with van der Waals surface area (Å²) >= 11 is 5.87. The van der Waals surface area contributed by atoms with Gasteiger partial charge in [0.25, 0.3) is 0 Å². The molecule has 21 heavy (non-hydrogen) atoms. The van der Waals surface area contributed by atoms with Gasteiger partial charge in [0, 0.05) is 30.9 Å². The molecule has 2 rings (SSSR count). The maximum Gasteiger partial charge on any atom is 0.433 e. The van der Waals surface area contributed by atoms with E-state index in [9.17, 15) is 13.2 Å². The van der Waals surface area contributed by atoms with Crippen molar-refractivity contribution in [3.05, 3.63) is 28.5 Å². The molecule has 1 aromatic heterocycles. The second kappa shape index (κ2) is 6.50. The van der Waals surface area contributed by atoms with Crippen molar-refractivity contribution in [2.24, 2.45) is 0 Å². The largest absolute Gasteiger partial charge is 0.433 e. The van der Waals surface area contributed by atoms with Gasteiger partial charge in [0.2, 0.25) is 0 Å². The van der Waals surface area contributed by atoms with Crippen LogP contribution in [0.5, 0.6) is 0 Å². The lowest BCUT2D eigenvalue weighted by atomic mass is 9.87. The van der Waals surface area contributed by atoms with Crippen LogP contribution in [0.1, 0.15) is 37.4 Å². The quantitative estimate of drug-likeness (QED) is 0.856. The molecule has 118 valence electrons. The predicted molar refractivity (Wildman–Crippen MR) is 74.2 cm³/mol. The minimum absolute atomic E-state index is 0.0374. The summed E-state index contributed by atoms with van der Waals surface area (Å²) in [6.07, 6.45) is -1.77. The van der Waals surface area contributed by atoms with Gasteiger partial charge < -0.3 is 10.1 Å². The molecule has 0 saturated carbocycles. The number of rotatable bonds is 4. The molecule has 7 heteroatoms. The molecule has 1 N–H and O–H groups in total. The Hall–Kier alpha value is -0.850. The highest BCUT2D eigenvalue weighted by molar-refractivity contribution is 6.30. The van der Waals surface area contributed by atoms with Crippen LogP contribution < -0.4 is 5.32 Å². The van der Waals surface area contributed by atoms with Crippen molar-refractivity contribution in [2.75, 3.05) is 13.2 Å². The SMILES string of the molecule is CCC1(NCc2ccc(C(F)(F)F)nc2Cl)CCOCC1. The molecule has 0 radical (unpaired) electrons. The number of hydrogen-bond acceptors (Lipinski definition) is 3. The summed E-state index contributed by atoms with van der Waals surface area (Å²) in [5.74, 6) is 0. The van der Waals surface area contributed by atoms with E-state index in [1.807, 2.05) is 0 Å². The predicted octanol–water partition coefficient (Wildman–Crippen LogP) is 3.80. The summed E-state index contributed by atoms with van der Waals surface area (Å²) in [4.78, 5) is 3.43. The second-order valence-electron chi connectivity index (χ2n) is 5.24. The maximum atomic E-state index is 12.5. The van der Waals surface area contributed by atoms with Crippen LogP contribution in [0.25, 0.3) is 0 Å². The van der Waals surface area contributed by atoms with Gasteiger partial charge in [-0.15, -0.1) is 0 Å². The number of hydrogen-bond donors (Lipinski definition) is 1. The van der Waals surface area contributed by atoms with Gasteiger partial charge in [-0.25, -0.2) is 4.98 Å². The second-order valence-corrected chi connectivity index (χ2v) is 5.60. The van der Waals surface area contributed by atoms with Gasteiger partial charge in [0.15, 0.2) is 0 Å². The van der Waals surface area contributed by atoms with E-state index in [4.69, 9.17) is 16.3 Å². The normalized spacial score (nSPS) is 18.7. The summed E-state index contributed by atoms with van der Waals surface area (Å²) in [5, 5.41) is 3.31. The zero-order chi connectivity index (χ0) is 15.5. The summed E-state index contributed by atoms with van der Waals surface area (Å²) in [6.45, 7) is 3.88. The van der Waals surface area contributed by atoms with Crippen molar-refractivity contribution in [3.63, 3.8) is 0 Å². The Balaban J connectivity index is 2.06. The number of pyridine rings is 1. The number of ether oxygens (including phenoxy) is 1. The number of nitrogens with one attached hydrogen (secondary N) is 1. The van der Waals surface area contributed by atoms with E-state index in [0.717, 1.165) is 25.3 Å². The average Bonchev–Trinajstić information content (AvgIpc) is 2.46. The molecule has 1 fully saturated rings. The Kier molecular flexibility index (Phi) is 5.11. The molecule has 1 saturated heterocycles. The Labute approximate surface area is 126 Å². The lowest BCUT2D eigenvalue weighted by molar-refractivity contribution is -0.141. The monoisotopic (exact) mass is 322 g/mol. The number of nitrogens with zero attached hydrogens (tertiary/aromatic N) is 1. The van der Waals surface area contributed by atoms with Crippen LogP contribution in [-0.2, 0) is 17.5 Å². The molecular weight excluding hydrogens is 305 g/mol. The molecular formula is C14H18ClF3N2O. The Morgan fingerprint density at radius 2 is 2.00 bits per heavy atom. The molecule has 0 amide bonds. The zero-order valence-corrected chi connectivity index (χ0v) is 12.5. The first-order valence-electron chi connectivity index (χ1n) is 6.92. The van der Waals surface area contributed by atoms with Crippen LogP contribution >= 0.6 is 11.6 Å². The topological polar surface area (TPSA) is 34.2 Å². The van der Waals surface area contributed by atoms with Gasteiger partial charge >= 0.3 is 6.18 Å². The summed E-state index contributed by atoms with van der Waals surface area (Å²) in [6, 6.07) is 2.35. The summed E-state index contributed by atoms with van der Waals surface area (Å²) in [7, 11) is 0. The third-order valence-electron chi connectivity index (χ3n) is 4.00. The standard InChI is InChI=1S/C14H18ClF3N2O/c1-2-13(5-7-21-8-6-13)19-9-10-3-4-11(14(16,17)18)20-12(10)15/h3-4,19H,2,5-9H2,1H3. The Morgan fingerprint density at radius 3 is 2.52 bits per heavy atom. The van der Waals surface area contributed by atoms with E-state index < -0.39 is 11.9 Å².